The molecule has 6 heteroatoms. The zero-order chi connectivity index (χ0) is 22.7. The minimum absolute atomic E-state index is 0.0717. The molecule has 3 atom stereocenters. The first kappa shape index (κ1) is 21.5. The molecule has 3 heterocycles. The van der Waals surface area contributed by atoms with Crippen molar-refractivity contribution in [3.63, 3.8) is 0 Å². The minimum Gasteiger partial charge on any atom is -0.491 e. The Morgan fingerprint density at radius 1 is 0.500 bits per heavy atom. The number of epoxide rings is 3. The van der Waals surface area contributed by atoms with Gasteiger partial charge in [0.15, 0.2) is 0 Å². The zero-order valence-corrected chi connectivity index (χ0v) is 18.9. The molecule has 3 aliphatic heterocycles. The third kappa shape index (κ3) is 5.70. The number of hydrogen-bond donors (Lipinski definition) is 0. The summed E-state index contributed by atoms with van der Waals surface area (Å²) in [6.45, 7) is 4.18. The van der Waals surface area contributed by atoms with Gasteiger partial charge in [0.2, 0.25) is 0 Å². The summed E-state index contributed by atoms with van der Waals surface area (Å²) in [5, 5.41) is 0. The van der Waals surface area contributed by atoms with Gasteiger partial charge in [0.1, 0.15) is 55.4 Å². The van der Waals surface area contributed by atoms with Gasteiger partial charge < -0.3 is 28.4 Å². The maximum atomic E-state index is 5.83. The van der Waals surface area contributed by atoms with Crippen molar-refractivity contribution in [2.75, 3.05) is 39.6 Å². The maximum absolute atomic E-state index is 5.83. The van der Waals surface area contributed by atoms with Gasteiger partial charge in [-0.05, 0) is 53.1 Å². The molecule has 2 unspecified atom stereocenters. The van der Waals surface area contributed by atoms with Crippen molar-refractivity contribution in [1.82, 2.24) is 0 Å². The van der Waals surface area contributed by atoms with Crippen molar-refractivity contribution >= 4 is 0 Å². The minimum atomic E-state index is 0.0717. The Morgan fingerprint density at radius 3 is 1.00 bits per heavy atom. The molecule has 176 valence electrons. The summed E-state index contributed by atoms with van der Waals surface area (Å²) in [4.78, 5) is 0. The highest BCUT2D eigenvalue weighted by atomic mass is 16.6. The van der Waals surface area contributed by atoms with Crippen molar-refractivity contribution < 1.29 is 28.4 Å². The van der Waals surface area contributed by atoms with Gasteiger partial charge in [0.25, 0.3) is 0 Å². The molecule has 0 saturated carbocycles. The second-order valence-corrected chi connectivity index (χ2v) is 8.94. The number of hydrogen-bond acceptors (Lipinski definition) is 6. The van der Waals surface area contributed by atoms with Crippen LogP contribution in [-0.2, 0) is 14.2 Å². The predicted octanol–water partition coefficient (Wildman–Crippen LogP) is 4.20. The van der Waals surface area contributed by atoms with E-state index in [1.165, 1.54) is 16.7 Å². The fourth-order valence-electron chi connectivity index (χ4n) is 3.91. The molecule has 0 amide bonds. The van der Waals surface area contributed by atoms with E-state index in [0.29, 0.717) is 19.8 Å². The highest BCUT2D eigenvalue weighted by Crippen LogP contribution is 2.35. The van der Waals surface area contributed by atoms with Crippen molar-refractivity contribution in [3.05, 3.63) is 89.5 Å². The van der Waals surface area contributed by atoms with Crippen LogP contribution in [0.4, 0.5) is 0 Å². The summed E-state index contributed by atoms with van der Waals surface area (Å²) >= 11 is 0. The van der Waals surface area contributed by atoms with Crippen LogP contribution in [0.3, 0.4) is 0 Å². The molecule has 6 nitrogen and oxygen atoms in total. The number of ether oxygens (including phenoxy) is 6. The molecule has 0 aliphatic carbocycles. The smallest absolute Gasteiger partial charge is 0.119 e. The van der Waals surface area contributed by atoms with E-state index in [0.717, 1.165) is 37.1 Å². The summed E-state index contributed by atoms with van der Waals surface area (Å²) < 4.78 is 33.2. The van der Waals surface area contributed by atoms with E-state index in [-0.39, 0.29) is 24.2 Å². The van der Waals surface area contributed by atoms with E-state index in [1.807, 2.05) is 36.4 Å². The zero-order valence-electron chi connectivity index (χ0n) is 18.9. The highest BCUT2D eigenvalue weighted by Gasteiger charge is 2.25. The van der Waals surface area contributed by atoms with Crippen molar-refractivity contribution in [3.8, 4) is 17.2 Å². The second kappa shape index (κ2) is 9.66. The van der Waals surface area contributed by atoms with E-state index in [4.69, 9.17) is 28.4 Å². The number of rotatable bonds is 12. The van der Waals surface area contributed by atoms with Crippen LogP contribution < -0.4 is 14.2 Å². The Balaban J connectivity index is 1.22. The van der Waals surface area contributed by atoms with Crippen LogP contribution in [-0.4, -0.2) is 58.0 Å². The molecule has 3 aliphatic rings. The fraction of sp³-hybridized carbons (Fsp3) is 0.357. The first-order valence-electron chi connectivity index (χ1n) is 11.8. The summed E-state index contributed by atoms with van der Waals surface area (Å²) in [6, 6.07) is 25.0. The molecule has 3 aromatic carbocycles. The number of benzene rings is 3. The van der Waals surface area contributed by atoms with Crippen LogP contribution >= 0.6 is 0 Å². The van der Waals surface area contributed by atoms with Gasteiger partial charge in [-0.3, -0.25) is 0 Å². The molecule has 0 bridgehead atoms. The Kier molecular flexibility index (Phi) is 6.10. The van der Waals surface area contributed by atoms with Crippen molar-refractivity contribution in [2.45, 2.75) is 24.2 Å². The SMILES string of the molecule is c1cc(C(c2ccc(OCC3CO3)cc2)c2ccc(OC[C@H]3CO3)cc2)ccc1OCC1CO1. The third-order valence-corrected chi connectivity index (χ3v) is 6.16. The van der Waals surface area contributed by atoms with Crippen LogP contribution in [0.2, 0.25) is 0 Å². The molecule has 0 spiro atoms. The van der Waals surface area contributed by atoms with E-state index in [9.17, 15) is 0 Å². The Hall–Kier alpha value is -3.06. The van der Waals surface area contributed by atoms with Crippen LogP contribution in [0.5, 0.6) is 17.2 Å². The summed E-state index contributed by atoms with van der Waals surface area (Å²) in [6.07, 6.45) is 0.727. The Bertz CT molecular complexity index is 926. The van der Waals surface area contributed by atoms with Gasteiger partial charge in [0, 0.05) is 5.92 Å². The predicted molar refractivity (Wildman–Crippen MR) is 126 cm³/mol. The quantitative estimate of drug-likeness (QED) is 0.298. The summed E-state index contributed by atoms with van der Waals surface area (Å²) in [5.74, 6) is 2.64. The molecule has 0 radical (unpaired) electrons. The fourth-order valence-corrected chi connectivity index (χ4v) is 3.91. The van der Waals surface area contributed by atoms with E-state index in [1.54, 1.807) is 0 Å². The van der Waals surface area contributed by atoms with Crippen LogP contribution in [0.15, 0.2) is 72.8 Å². The summed E-state index contributed by atoms with van der Waals surface area (Å²) in [5.41, 5.74) is 3.57. The van der Waals surface area contributed by atoms with Crippen molar-refractivity contribution in [2.24, 2.45) is 0 Å². The summed E-state index contributed by atoms with van der Waals surface area (Å²) in [7, 11) is 0. The monoisotopic (exact) mass is 460 g/mol. The lowest BCUT2D eigenvalue weighted by Crippen LogP contribution is -2.07. The van der Waals surface area contributed by atoms with Gasteiger partial charge in [-0.25, -0.2) is 0 Å². The second-order valence-electron chi connectivity index (χ2n) is 8.94. The topological polar surface area (TPSA) is 65.3 Å². The van der Waals surface area contributed by atoms with Crippen LogP contribution in [0.25, 0.3) is 0 Å². The van der Waals surface area contributed by atoms with E-state index < -0.39 is 0 Å². The molecule has 3 fully saturated rings. The highest BCUT2D eigenvalue weighted by molar-refractivity contribution is 5.46. The molecule has 3 saturated heterocycles. The average Bonchev–Trinajstić information content (AvgIpc) is 3.73. The third-order valence-electron chi connectivity index (χ3n) is 6.16. The largest absolute Gasteiger partial charge is 0.491 e. The van der Waals surface area contributed by atoms with Gasteiger partial charge in [-0.2, -0.15) is 0 Å². The standard InChI is InChI=1S/C28H28O6/c1-7-22(29-13-25-16-32-25)8-2-19(1)28(20-3-9-23(10-4-20)30-14-26-17-33-26)21-5-11-24(12-6-21)31-15-27-18-34-27/h1-12,25-28H,13-18H2/t25-,26?,27?,28?/m0/s1. The molecule has 3 aromatic rings. The normalized spacial score (nSPS) is 23.1. The van der Waals surface area contributed by atoms with E-state index >= 15 is 0 Å². The van der Waals surface area contributed by atoms with Gasteiger partial charge in [0.05, 0.1) is 19.8 Å². The van der Waals surface area contributed by atoms with Crippen LogP contribution in [0.1, 0.15) is 22.6 Å². The Morgan fingerprint density at radius 2 is 0.765 bits per heavy atom. The molecule has 6 rings (SSSR count). The first-order valence-corrected chi connectivity index (χ1v) is 11.8. The lowest BCUT2D eigenvalue weighted by Gasteiger charge is -2.20. The lowest BCUT2D eigenvalue weighted by molar-refractivity contribution is 0.263. The molecule has 34 heavy (non-hydrogen) atoms. The molecular weight excluding hydrogens is 432 g/mol. The maximum Gasteiger partial charge on any atom is 0.119 e. The molecule has 0 N–H and O–H groups in total. The Labute approximate surface area is 199 Å². The first-order chi connectivity index (χ1) is 16.8. The lowest BCUT2D eigenvalue weighted by atomic mass is 9.85. The van der Waals surface area contributed by atoms with Crippen LogP contribution in [0, 0.1) is 0 Å². The van der Waals surface area contributed by atoms with Gasteiger partial charge in [-0.15, -0.1) is 0 Å². The van der Waals surface area contributed by atoms with Crippen molar-refractivity contribution in [1.29, 1.82) is 0 Å². The van der Waals surface area contributed by atoms with Gasteiger partial charge >= 0.3 is 0 Å². The van der Waals surface area contributed by atoms with Gasteiger partial charge in [-0.1, -0.05) is 36.4 Å². The average molecular weight is 461 g/mol. The molecule has 0 aromatic heterocycles. The van der Waals surface area contributed by atoms with E-state index in [2.05, 4.69) is 36.4 Å². The molecular formula is C28H28O6.